The molecule has 4 aliphatic heterocycles. The molecule has 2 aromatic carbocycles. The van der Waals surface area contributed by atoms with Gasteiger partial charge in [0.15, 0.2) is 0 Å². The van der Waals surface area contributed by atoms with Gasteiger partial charge in [-0.15, -0.1) is 0 Å². The van der Waals surface area contributed by atoms with Crippen molar-refractivity contribution in [3.63, 3.8) is 0 Å². The van der Waals surface area contributed by atoms with Crippen molar-refractivity contribution in [3.05, 3.63) is 59.7 Å². The molecule has 2 saturated heterocycles. The molecule has 2 N–H and O–H groups in total. The fourth-order valence-corrected chi connectivity index (χ4v) is 6.94. The zero-order valence-electron chi connectivity index (χ0n) is 15.5. The molecule has 4 atom stereocenters. The summed E-state index contributed by atoms with van der Waals surface area (Å²) in [7, 11) is 4.53. The van der Waals surface area contributed by atoms with Crippen LogP contribution in [0.1, 0.15) is 24.0 Å². The summed E-state index contributed by atoms with van der Waals surface area (Å²) < 4.78 is 0. The van der Waals surface area contributed by atoms with Crippen LogP contribution in [0.5, 0.6) is 0 Å². The minimum Gasteiger partial charge on any atom is -0.358 e. The van der Waals surface area contributed by atoms with Gasteiger partial charge in [-0.1, -0.05) is 36.4 Å². The zero-order valence-corrected chi connectivity index (χ0v) is 15.5. The van der Waals surface area contributed by atoms with E-state index in [1.807, 2.05) is 0 Å². The molecule has 0 amide bonds. The summed E-state index contributed by atoms with van der Waals surface area (Å²) in [6, 6.07) is 18.2. The Bertz CT molecular complexity index is 822. The van der Waals surface area contributed by atoms with Crippen LogP contribution in [0.15, 0.2) is 48.5 Å². The fourth-order valence-electron chi connectivity index (χ4n) is 6.94. The van der Waals surface area contributed by atoms with E-state index in [0.717, 1.165) is 13.1 Å². The van der Waals surface area contributed by atoms with Crippen LogP contribution in [-0.2, 0) is 10.8 Å². The molecule has 2 aromatic rings. The van der Waals surface area contributed by atoms with Crippen LogP contribution in [0.4, 0.5) is 11.4 Å². The van der Waals surface area contributed by atoms with E-state index in [1.54, 1.807) is 0 Å². The third kappa shape index (κ3) is 1.40. The number of rotatable bonds is 1. The number of para-hydroxylation sites is 2. The molecule has 4 heterocycles. The van der Waals surface area contributed by atoms with Gasteiger partial charge < -0.3 is 9.80 Å². The molecule has 6 rings (SSSR count). The standard InChI is InChI=1S/C22H26N4/c1-25-17-9-5-3-7-15(17)21(11-13-23-19(21)25)22-12-14-24-20(22)26(2)18-10-6-4-8-16(18)22/h3-10,19-20,23-24H,11-14H2,1-2H3. The van der Waals surface area contributed by atoms with Crippen LogP contribution in [0.3, 0.4) is 0 Å². The highest BCUT2D eigenvalue weighted by molar-refractivity contribution is 5.73. The molecular weight excluding hydrogens is 320 g/mol. The Balaban J connectivity index is 1.69. The number of hydrogen-bond donors (Lipinski definition) is 2. The minimum absolute atomic E-state index is 0.105. The summed E-state index contributed by atoms with van der Waals surface area (Å²) in [6.45, 7) is 2.17. The van der Waals surface area contributed by atoms with Crippen LogP contribution in [0.2, 0.25) is 0 Å². The van der Waals surface area contributed by atoms with Crippen molar-refractivity contribution in [1.82, 2.24) is 10.6 Å². The number of benzene rings is 2. The molecule has 0 radical (unpaired) electrons. The average Bonchev–Trinajstić information content (AvgIpc) is 3.40. The van der Waals surface area contributed by atoms with Gasteiger partial charge in [0.05, 0.1) is 12.3 Å². The predicted molar refractivity (Wildman–Crippen MR) is 106 cm³/mol. The second-order valence-electron chi connectivity index (χ2n) is 8.41. The van der Waals surface area contributed by atoms with Gasteiger partial charge in [0.1, 0.15) is 0 Å². The Morgan fingerprint density at radius 2 is 1.15 bits per heavy atom. The van der Waals surface area contributed by atoms with Gasteiger partial charge in [-0.2, -0.15) is 0 Å². The summed E-state index contributed by atoms with van der Waals surface area (Å²) in [5.41, 5.74) is 6.09. The van der Waals surface area contributed by atoms with Crippen molar-refractivity contribution in [2.75, 3.05) is 37.0 Å². The van der Waals surface area contributed by atoms with Crippen molar-refractivity contribution < 1.29 is 0 Å². The van der Waals surface area contributed by atoms with Gasteiger partial charge in [0, 0.05) is 36.3 Å². The molecule has 0 bridgehead atoms. The third-order valence-electron chi connectivity index (χ3n) is 7.75. The lowest BCUT2D eigenvalue weighted by Gasteiger charge is -2.48. The van der Waals surface area contributed by atoms with Gasteiger partial charge in [0.2, 0.25) is 0 Å². The number of likely N-dealkylation sites (N-methyl/N-ethyl adjacent to an activating group) is 2. The molecule has 4 nitrogen and oxygen atoms in total. The lowest BCUT2D eigenvalue weighted by molar-refractivity contribution is 0.187. The quantitative estimate of drug-likeness (QED) is 0.830. The third-order valence-corrected chi connectivity index (χ3v) is 7.75. The summed E-state index contributed by atoms with van der Waals surface area (Å²) in [5, 5.41) is 7.73. The van der Waals surface area contributed by atoms with Gasteiger partial charge in [-0.25, -0.2) is 0 Å². The highest BCUT2D eigenvalue weighted by Gasteiger charge is 2.70. The number of hydrogen-bond acceptors (Lipinski definition) is 4. The maximum atomic E-state index is 3.87. The first-order valence-electron chi connectivity index (χ1n) is 9.83. The van der Waals surface area contributed by atoms with Crippen molar-refractivity contribution in [3.8, 4) is 0 Å². The van der Waals surface area contributed by atoms with E-state index in [2.05, 4.69) is 83.1 Å². The lowest BCUT2D eigenvalue weighted by Crippen LogP contribution is -2.62. The molecule has 0 aliphatic carbocycles. The van der Waals surface area contributed by atoms with Gasteiger partial charge in [-0.05, 0) is 49.2 Å². The number of nitrogens with zero attached hydrogens (tertiary/aromatic N) is 2. The van der Waals surface area contributed by atoms with Crippen molar-refractivity contribution >= 4 is 11.4 Å². The normalized spacial score (nSPS) is 36.8. The first-order valence-corrected chi connectivity index (χ1v) is 9.83. The Labute approximate surface area is 155 Å². The molecule has 26 heavy (non-hydrogen) atoms. The molecule has 134 valence electrons. The van der Waals surface area contributed by atoms with E-state index >= 15 is 0 Å². The number of fused-ring (bicyclic) bond motifs is 7. The van der Waals surface area contributed by atoms with E-state index in [4.69, 9.17) is 0 Å². The Morgan fingerprint density at radius 3 is 1.62 bits per heavy atom. The first-order chi connectivity index (χ1) is 12.7. The molecule has 0 spiro atoms. The van der Waals surface area contributed by atoms with E-state index in [0.29, 0.717) is 12.3 Å². The van der Waals surface area contributed by atoms with Crippen molar-refractivity contribution in [2.24, 2.45) is 0 Å². The second kappa shape index (κ2) is 4.81. The molecule has 4 aliphatic rings. The van der Waals surface area contributed by atoms with E-state index < -0.39 is 0 Å². The predicted octanol–water partition coefficient (Wildman–Crippen LogP) is 2.40. The summed E-state index contributed by atoms with van der Waals surface area (Å²) in [6.07, 6.45) is 3.11. The van der Waals surface area contributed by atoms with E-state index in [9.17, 15) is 0 Å². The summed E-state index contributed by atoms with van der Waals surface area (Å²) >= 11 is 0. The smallest absolute Gasteiger partial charge is 0.0902 e. The first kappa shape index (κ1) is 15.1. The average molecular weight is 346 g/mol. The fraction of sp³-hybridized carbons (Fsp3) is 0.455. The molecule has 4 heteroatoms. The van der Waals surface area contributed by atoms with Crippen LogP contribution in [-0.4, -0.2) is 39.5 Å². The zero-order chi connectivity index (χ0) is 17.5. The summed E-state index contributed by atoms with van der Waals surface area (Å²) in [4.78, 5) is 4.99. The van der Waals surface area contributed by atoms with Crippen LogP contribution >= 0.6 is 0 Å². The Morgan fingerprint density at radius 1 is 0.731 bits per heavy atom. The Kier molecular flexibility index (Phi) is 2.79. The van der Waals surface area contributed by atoms with Crippen LogP contribution in [0, 0.1) is 0 Å². The minimum atomic E-state index is 0.105. The SMILES string of the molecule is CN1c2ccccc2C2(C34CCNC3N(C)c3ccccc34)CCNC12. The van der Waals surface area contributed by atoms with Gasteiger partial charge >= 0.3 is 0 Å². The van der Waals surface area contributed by atoms with E-state index in [1.165, 1.54) is 35.3 Å². The maximum absolute atomic E-state index is 3.87. The van der Waals surface area contributed by atoms with E-state index in [-0.39, 0.29) is 10.8 Å². The molecule has 0 aromatic heterocycles. The molecular formula is C22H26N4. The Hall–Kier alpha value is -2.04. The van der Waals surface area contributed by atoms with Crippen molar-refractivity contribution in [1.29, 1.82) is 0 Å². The van der Waals surface area contributed by atoms with Crippen molar-refractivity contribution in [2.45, 2.75) is 36.0 Å². The number of anilines is 2. The number of nitrogens with one attached hydrogen (secondary N) is 2. The van der Waals surface area contributed by atoms with Crippen LogP contribution in [0.25, 0.3) is 0 Å². The topological polar surface area (TPSA) is 30.5 Å². The largest absolute Gasteiger partial charge is 0.358 e. The second-order valence-corrected chi connectivity index (χ2v) is 8.41. The van der Waals surface area contributed by atoms with Gasteiger partial charge in [0.25, 0.3) is 0 Å². The molecule has 2 fully saturated rings. The highest BCUT2D eigenvalue weighted by Crippen LogP contribution is 2.65. The lowest BCUT2D eigenvalue weighted by atomic mass is 9.55. The monoisotopic (exact) mass is 346 g/mol. The van der Waals surface area contributed by atoms with Crippen LogP contribution < -0.4 is 20.4 Å². The summed E-state index contributed by atoms with van der Waals surface area (Å²) in [5.74, 6) is 0. The molecule has 0 saturated carbocycles. The molecule has 4 unspecified atom stereocenters. The highest BCUT2D eigenvalue weighted by atomic mass is 15.4. The maximum Gasteiger partial charge on any atom is 0.0902 e. The van der Waals surface area contributed by atoms with Gasteiger partial charge in [-0.3, -0.25) is 10.6 Å².